The van der Waals surface area contributed by atoms with Gasteiger partial charge in [0.25, 0.3) is 10.0 Å². The smallest absolute Gasteiger partial charge is 0.261 e. The Labute approximate surface area is 205 Å². The van der Waals surface area contributed by atoms with Crippen LogP contribution < -0.4 is 14.3 Å². The monoisotopic (exact) mass is 571 g/mol. The average molecular weight is 573 g/mol. The lowest BCUT2D eigenvalue weighted by atomic mass is 10.3. The van der Waals surface area contributed by atoms with E-state index >= 15 is 0 Å². The number of hydrogen-bond donors (Lipinski definition) is 2. The Morgan fingerprint density at radius 2 is 1.48 bits per heavy atom. The largest absolute Gasteiger partial charge is 0.325 e. The summed E-state index contributed by atoms with van der Waals surface area (Å²) in [5, 5.41) is 2.74. The molecular weight excluding hydrogens is 554 g/mol. The van der Waals surface area contributed by atoms with E-state index in [9.17, 15) is 21.6 Å². The fourth-order valence-corrected chi connectivity index (χ4v) is 5.29. The molecule has 174 valence electrons. The van der Waals surface area contributed by atoms with Crippen molar-refractivity contribution in [3.05, 3.63) is 82.3 Å². The number of halogens is 2. The third-order valence-electron chi connectivity index (χ3n) is 4.35. The van der Waals surface area contributed by atoms with Crippen LogP contribution in [-0.2, 0) is 24.8 Å². The van der Waals surface area contributed by atoms with E-state index in [0.29, 0.717) is 11.4 Å². The molecule has 0 unspecified atom stereocenters. The van der Waals surface area contributed by atoms with Gasteiger partial charge in [0, 0.05) is 15.8 Å². The lowest BCUT2D eigenvalue weighted by Crippen LogP contribution is -2.37. The van der Waals surface area contributed by atoms with Crippen molar-refractivity contribution in [1.82, 2.24) is 0 Å². The van der Waals surface area contributed by atoms with Crippen LogP contribution in [0.4, 0.5) is 17.1 Å². The van der Waals surface area contributed by atoms with Crippen molar-refractivity contribution >= 4 is 70.5 Å². The summed E-state index contributed by atoms with van der Waals surface area (Å²) in [6.45, 7) is -0.506. The summed E-state index contributed by atoms with van der Waals surface area (Å²) in [6.07, 6.45) is 0.974. The minimum Gasteiger partial charge on any atom is -0.325 e. The minimum absolute atomic E-state index is 0.00255. The van der Waals surface area contributed by atoms with E-state index in [1.165, 1.54) is 36.4 Å². The highest BCUT2D eigenvalue weighted by Gasteiger charge is 2.23. The Morgan fingerprint density at radius 3 is 2.06 bits per heavy atom. The maximum absolute atomic E-state index is 12.6. The van der Waals surface area contributed by atoms with Crippen LogP contribution in [0, 0.1) is 0 Å². The fraction of sp³-hybridized carbons (Fsp3) is 0.0952. The van der Waals surface area contributed by atoms with Crippen LogP contribution in [-0.4, -0.2) is 35.5 Å². The number of hydrogen-bond acceptors (Lipinski definition) is 5. The standard InChI is InChI=1S/C21H19BrClN3O5S2/c1-32(28,29)26(20-5-3-2-4-19(20)23)14-21(27)24-16-10-12-18(13-11-16)33(30,31)25-17-8-6-15(22)7-9-17/h2-13,25H,14H2,1H3,(H,24,27). The topological polar surface area (TPSA) is 113 Å². The Hall–Kier alpha value is -2.60. The van der Waals surface area contributed by atoms with Gasteiger partial charge in [0.1, 0.15) is 6.54 Å². The quantitative estimate of drug-likeness (QED) is 0.418. The first-order valence-corrected chi connectivity index (χ1v) is 13.9. The predicted molar refractivity (Wildman–Crippen MR) is 134 cm³/mol. The van der Waals surface area contributed by atoms with Crippen molar-refractivity contribution in [2.45, 2.75) is 4.90 Å². The van der Waals surface area contributed by atoms with Crippen LogP contribution in [0.5, 0.6) is 0 Å². The Balaban J connectivity index is 1.71. The molecule has 8 nitrogen and oxygen atoms in total. The zero-order chi connectivity index (χ0) is 24.2. The van der Waals surface area contributed by atoms with Gasteiger partial charge in [-0.25, -0.2) is 16.8 Å². The van der Waals surface area contributed by atoms with Gasteiger partial charge in [-0.05, 0) is 60.7 Å². The lowest BCUT2D eigenvalue weighted by Gasteiger charge is -2.22. The van der Waals surface area contributed by atoms with Gasteiger partial charge in [0.05, 0.1) is 21.9 Å². The third kappa shape index (κ3) is 6.70. The molecule has 33 heavy (non-hydrogen) atoms. The van der Waals surface area contributed by atoms with Gasteiger partial charge in [0.2, 0.25) is 15.9 Å². The molecule has 0 saturated heterocycles. The number of carbonyl (C=O) groups excluding carboxylic acids is 1. The zero-order valence-corrected chi connectivity index (χ0v) is 21.2. The van der Waals surface area contributed by atoms with Crippen LogP contribution in [0.2, 0.25) is 5.02 Å². The molecule has 0 aliphatic rings. The third-order valence-corrected chi connectivity index (χ3v) is 7.73. The zero-order valence-electron chi connectivity index (χ0n) is 17.2. The first-order chi connectivity index (χ1) is 15.5. The first kappa shape index (κ1) is 25.0. The summed E-state index contributed by atoms with van der Waals surface area (Å²) in [4.78, 5) is 12.5. The van der Waals surface area contributed by atoms with Crippen LogP contribution in [0.25, 0.3) is 0 Å². The maximum Gasteiger partial charge on any atom is 0.261 e. The lowest BCUT2D eigenvalue weighted by molar-refractivity contribution is -0.114. The first-order valence-electron chi connectivity index (χ1n) is 9.36. The summed E-state index contributed by atoms with van der Waals surface area (Å²) in [6, 6.07) is 18.4. The van der Waals surface area contributed by atoms with E-state index in [-0.39, 0.29) is 15.6 Å². The molecule has 0 aromatic heterocycles. The van der Waals surface area contributed by atoms with Gasteiger partial charge in [-0.3, -0.25) is 13.8 Å². The molecule has 1 amide bonds. The molecule has 0 heterocycles. The number of nitrogens with zero attached hydrogens (tertiary/aromatic N) is 1. The molecule has 0 radical (unpaired) electrons. The number of amides is 1. The molecule has 0 fully saturated rings. The van der Waals surface area contributed by atoms with Gasteiger partial charge in [-0.2, -0.15) is 0 Å². The number of nitrogens with one attached hydrogen (secondary N) is 2. The van der Waals surface area contributed by atoms with Crippen molar-refractivity contribution in [3.63, 3.8) is 0 Å². The molecule has 3 rings (SSSR count). The predicted octanol–water partition coefficient (Wildman–Crippen LogP) is 4.31. The van der Waals surface area contributed by atoms with Gasteiger partial charge < -0.3 is 5.32 Å². The Morgan fingerprint density at radius 1 is 0.909 bits per heavy atom. The number of rotatable bonds is 8. The summed E-state index contributed by atoms with van der Waals surface area (Å²) < 4.78 is 53.7. The summed E-state index contributed by atoms with van der Waals surface area (Å²) in [5.41, 5.74) is 0.878. The second-order valence-electron chi connectivity index (χ2n) is 6.91. The van der Waals surface area contributed by atoms with Crippen molar-refractivity contribution in [2.75, 3.05) is 27.1 Å². The number of para-hydroxylation sites is 1. The number of benzene rings is 3. The highest BCUT2D eigenvalue weighted by molar-refractivity contribution is 9.10. The van der Waals surface area contributed by atoms with E-state index < -0.39 is 32.5 Å². The van der Waals surface area contributed by atoms with E-state index in [0.717, 1.165) is 15.0 Å². The molecule has 0 aliphatic carbocycles. The summed E-state index contributed by atoms with van der Waals surface area (Å²) in [7, 11) is -7.62. The number of carbonyl (C=O) groups is 1. The van der Waals surface area contributed by atoms with Crippen molar-refractivity contribution in [3.8, 4) is 0 Å². The van der Waals surface area contributed by atoms with E-state index in [1.54, 1.807) is 36.4 Å². The normalized spacial score (nSPS) is 11.6. The summed E-state index contributed by atoms with van der Waals surface area (Å²) >= 11 is 9.38. The van der Waals surface area contributed by atoms with Gasteiger partial charge in [-0.1, -0.05) is 39.7 Å². The van der Waals surface area contributed by atoms with Gasteiger partial charge in [-0.15, -0.1) is 0 Å². The van der Waals surface area contributed by atoms with Gasteiger partial charge >= 0.3 is 0 Å². The highest BCUT2D eigenvalue weighted by atomic mass is 79.9. The van der Waals surface area contributed by atoms with E-state index in [1.807, 2.05) is 0 Å². The van der Waals surface area contributed by atoms with Crippen LogP contribution >= 0.6 is 27.5 Å². The number of sulfonamides is 2. The number of anilines is 3. The second kappa shape index (κ2) is 10.1. The molecule has 3 aromatic carbocycles. The maximum atomic E-state index is 12.6. The molecule has 2 N–H and O–H groups in total. The van der Waals surface area contributed by atoms with Crippen LogP contribution in [0.3, 0.4) is 0 Å². The Bertz CT molecular complexity index is 1360. The van der Waals surface area contributed by atoms with Crippen molar-refractivity contribution < 1.29 is 21.6 Å². The molecular formula is C21H19BrClN3O5S2. The van der Waals surface area contributed by atoms with Crippen molar-refractivity contribution in [2.24, 2.45) is 0 Å². The molecule has 0 bridgehead atoms. The van der Waals surface area contributed by atoms with Crippen molar-refractivity contribution in [1.29, 1.82) is 0 Å². The van der Waals surface area contributed by atoms with E-state index in [4.69, 9.17) is 11.6 Å². The Kier molecular flexibility index (Phi) is 7.68. The van der Waals surface area contributed by atoms with Crippen LogP contribution in [0.1, 0.15) is 0 Å². The summed E-state index contributed by atoms with van der Waals surface area (Å²) in [5.74, 6) is -0.621. The molecule has 12 heteroatoms. The fourth-order valence-electron chi connectivity index (χ4n) is 2.82. The molecule has 0 atom stereocenters. The van der Waals surface area contributed by atoms with Crippen LogP contribution in [0.15, 0.2) is 82.2 Å². The highest BCUT2D eigenvalue weighted by Crippen LogP contribution is 2.27. The SMILES string of the molecule is CS(=O)(=O)N(CC(=O)Nc1ccc(S(=O)(=O)Nc2ccc(Br)cc2)cc1)c1ccccc1Cl. The second-order valence-corrected chi connectivity index (χ2v) is 11.8. The molecule has 3 aromatic rings. The van der Waals surface area contributed by atoms with Gasteiger partial charge in [0.15, 0.2) is 0 Å². The molecule has 0 saturated carbocycles. The van der Waals surface area contributed by atoms with E-state index in [2.05, 4.69) is 26.0 Å². The molecule has 0 aliphatic heterocycles. The molecule has 0 spiro atoms. The average Bonchev–Trinajstić information content (AvgIpc) is 2.74. The minimum atomic E-state index is -3.83.